The molecule has 0 aliphatic carbocycles. The molecule has 18 heavy (non-hydrogen) atoms. The summed E-state index contributed by atoms with van der Waals surface area (Å²) in [5.74, 6) is 0.123. The first-order chi connectivity index (χ1) is 8.65. The van der Waals surface area contributed by atoms with Crippen molar-refractivity contribution in [3.05, 3.63) is 0 Å². The highest BCUT2D eigenvalue weighted by atomic mass is 16.5. The van der Waals surface area contributed by atoms with Crippen LogP contribution in [0.5, 0.6) is 0 Å². The lowest BCUT2D eigenvalue weighted by Crippen LogP contribution is -2.53. The molecule has 2 heterocycles. The molecule has 2 N–H and O–H groups in total. The third kappa shape index (κ3) is 3.93. The minimum atomic E-state index is -0.0185. The minimum Gasteiger partial charge on any atom is -0.374 e. The lowest BCUT2D eigenvalue weighted by Gasteiger charge is -2.31. The number of nitrogens with one attached hydrogen (secondary N) is 2. The topological polar surface area (TPSA) is 53.6 Å². The number of ether oxygens (including phenoxy) is 1. The van der Waals surface area contributed by atoms with Gasteiger partial charge in [0.15, 0.2) is 0 Å². The van der Waals surface area contributed by atoms with Gasteiger partial charge in [-0.05, 0) is 33.2 Å². The van der Waals surface area contributed by atoms with Gasteiger partial charge < -0.3 is 20.3 Å². The third-order valence-electron chi connectivity index (χ3n) is 3.78. The average molecular weight is 255 g/mol. The molecule has 5 nitrogen and oxygen atoms in total. The fourth-order valence-corrected chi connectivity index (χ4v) is 2.67. The minimum absolute atomic E-state index is 0.0185. The van der Waals surface area contributed by atoms with Crippen molar-refractivity contribution in [3.8, 4) is 0 Å². The van der Waals surface area contributed by atoms with Gasteiger partial charge in [0.25, 0.3) is 0 Å². The maximum atomic E-state index is 12.0. The van der Waals surface area contributed by atoms with E-state index in [2.05, 4.69) is 29.5 Å². The maximum Gasteiger partial charge on any atom is 0.237 e. The van der Waals surface area contributed by atoms with Gasteiger partial charge in [-0.25, -0.2) is 0 Å². The molecule has 2 rings (SSSR count). The average Bonchev–Trinajstić information content (AvgIpc) is 2.36. The first kappa shape index (κ1) is 13.8. The Morgan fingerprint density at radius 3 is 3.06 bits per heavy atom. The van der Waals surface area contributed by atoms with E-state index >= 15 is 0 Å². The Morgan fingerprint density at radius 2 is 2.33 bits per heavy atom. The van der Waals surface area contributed by atoms with E-state index in [4.69, 9.17) is 4.74 Å². The van der Waals surface area contributed by atoms with Gasteiger partial charge in [0.1, 0.15) is 0 Å². The van der Waals surface area contributed by atoms with Crippen molar-refractivity contribution in [2.24, 2.45) is 0 Å². The Bertz CT molecular complexity index is 285. The molecule has 0 spiro atoms. The fourth-order valence-electron chi connectivity index (χ4n) is 2.67. The molecule has 2 aliphatic rings. The Morgan fingerprint density at radius 1 is 1.50 bits per heavy atom. The molecule has 0 saturated carbocycles. The second-order valence-electron chi connectivity index (χ2n) is 5.55. The molecule has 0 aromatic heterocycles. The predicted octanol–water partition coefficient (Wildman–Crippen LogP) is -0.0362. The standard InChI is InChI=1S/C13H25N3O2/c1-10-4-3-5-12(15-10)13(17)14-8-11-9-16(2)6-7-18-11/h10-12,15H,3-9H2,1-2H3,(H,14,17). The van der Waals surface area contributed by atoms with Gasteiger partial charge in [-0.3, -0.25) is 4.79 Å². The van der Waals surface area contributed by atoms with Gasteiger partial charge in [0.2, 0.25) is 5.91 Å². The second-order valence-corrected chi connectivity index (χ2v) is 5.55. The third-order valence-corrected chi connectivity index (χ3v) is 3.78. The molecular formula is C13H25N3O2. The van der Waals surface area contributed by atoms with E-state index in [0.29, 0.717) is 12.6 Å². The van der Waals surface area contributed by atoms with E-state index < -0.39 is 0 Å². The number of carbonyl (C=O) groups is 1. The number of morpholine rings is 1. The fraction of sp³-hybridized carbons (Fsp3) is 0.923. The van der Waals surface area contributed by atoms with E-state index in [1.165, 1.54) is 6.42 Å². The number of hydrogen-bond donors (Lipinski definition) is 2. The quantitative estimate of drug-likeness (QED) is 0.743. The highest BCUT2D eigenvalue weighted by molar-refractivity contribution is 5.81. The smallest absolute Gasteiger partial charge is 0.237 e. The SMILES string of the molecule is CC1CCCC(C(=O)NCC2CN(C)CCO2)N1. The van der Waals surface area contributed by atoms with Crippen LogP contribution in [0.15, 0.2) is 0 Å². The van der Waals surface area contributed by atoms with Crippen LogP contribution >= 0.6 is 0 Å². The number of hydrogen-bond acceptors (Lipinski definition) is 4. The van der Waals surface area contributed by atoms with E-state index in [-0.39, 0.29) is 18.1 Å². The van der Waals surface area contributed by atoms with E-state index in [1.54, 1.807) is 0 Å². The Hall–Kier alpha value is -0.650. The van der Waals surface area contributed by atoms with E-state index in [1.807, 2.05) is 0 Å². The molecule has 3 unspecified atom stereocenters. The summed E-state index contributed by atoms with van der Waals surface area (Å²) in [5, 5.41) is 6.36. The van der Waals surface area contributed by atoms with E-state index in [0.717, 1.165) is 32.5 Å². The lowest BCUT2D eigenvalue weighted by atomic mass is 9.99. The molecule has 2 saturated heterocycles. The molecule has 3 atom stereocenters. The van der Waals surface area contributed by atoms with Crippen LogP contribution in [0.3, 0.4) is 0 Å². The van der Waals surface area contributed by atoms with Crippen LogP contribution in [-0.4, -0.2) is 62.3 Å². The normalized spacial score (nSPS) is 34.2. The van der Waals surface area contributed by atoms with Gasteiger partial charge in [0, 0.05) is 25.7 Å². The summed E-state index contributed by atoms with van der Waals surface area (Å²) < 4.78 is 5.63. The molecule has 2 fully saturated rings. The zero-order valence-electron chi connectivity index (χ0n) is 11.4. The number of rotatable bonds is 3. The van der Waals surface area contributed by atoms with Gasteiger partial charge in [-0.1, -0.05) is 0 Å². The molecule has 5 heteroatoms. The summed E-state index contributed by atoms with van der Waals surface area (Å²) in [6.07, 6.45) is 3.38. The molecule has 104 valence electrons. The summed E-state index contributed by atoms with van der Waals surface area (Å²) in [6.45, 7) is 5.39. The molecule has 0 bridgehead atoms. The highest BCUT2D eigenvalue weighted by Gasteiger charge is 2.25. The van der Waals surface area contributed by atoms with Crippen LogP contribution in [0.2, 0.25) is 0 Å². The largest absolute Gasteiger partial charge is 0.374 e. The Labute approximate surface area is 109 Å². The van der Waals surface area contributed by atoms with Crippen LogP contribution in [0.4, 0.5) is 0 Å². The van der Waals surface area contributed by atoms with Crippen LogP contribution in [0.25, 0.3) is 0 Å². The van der Waals surface area contributed by atoms with Crippen molar-refractivity contribution in [2.45, 2.75) is 44.4 Å². The van der Waals surface area contributed by atoms with Crippen molar-refractivity contribution in [1.82, 2.24) is 15.5 Å². The van der Waals surface area contributed by atoms with Crippen molar-refractivity contribution in [3.63, 3.8) is 0 Å². The number of piperidine rings is 1. The molecule has 0 radical (unpaired) electrons. The van der Waals surface area contributed by atoms with Crippen molar-refractivity contribution < 1.29 is 9.53 Å². The lowest BCUT2D eigenvalue weighted by molar-refractivity contribution is -0.125. The van der Waals surface area contributed by atoms with Crippen LogP contribution in [0.1, 0.15) is 26.2 Å². The number of carbonyl (C=O) groups excluding carboxylic acids is 1. The first-order valence-corrected chi connectivity index (χ1v) is 6.99. The highest BCUT2D eigenvalue weighted by Crippen LogP contribution is 2.12. The zero-order valence-corrected chi connectivity index (χ0v) is 11.4. The molecule has 2 aliphatic heterocycles. The predicted molar refractivity (Wildman–Crippen MR) is 70.5 cm³/mol. The first-order valence-electron chi connectivity index (χ1n) is 6.99. The second kappa shape index (κ2) is 6.50. The molecule has 0 aromatic carbocycles. The number of likely N-dealkylation sites (N-methyl/N-ethyl adjacent to an activating group) is 1. The zero-order chi connectivity index (χ0) is 13.0. The summed E-state index contributed by atoms with van der Waals surface area (Å²) >= 11 is 0. The van der Waals surface area contributed by atoms with Gasteiger partial charge in [-0.2, -0.15) is 0 Å². The van der Waals surface area contributed by atoms with Crippen molar-refractivity contribution in [1.29, 1.82) is 0 Å². The van der Waals surface area contributed by atoms with Gasteiger partial charge in [-0.15, -0.1) is 0 Å². The Kier molecular flexibility index (Phi) is 4.97. The molecule has 0 aromatic rings. The van der Waals surface area contributed by atoms with Crippen molar-refractivity contribution >= 4 is 5.91 Å². The summed E-state index contributed by atoms with van der Waals surface area (Å²) in [5.41, 5.74) is 0. The maximum absolute atomic E-state index is 12.0. The van der Waals surface area contributed by atoms with Crippen LogP contribution < -0.4 is 10.6 Å². The summed E-state index contributed by atoms with van der Waals surface area (Å²) in [7, 11) is 2.09. The van der Waals surface area contributed by atoms with Gasteiger partial charge >= 0.3 is 0 Å². The van der Waals surface area contributed by atoms with Crippen LogP contribution in [-0.2, 0) is 9.53 Å². The van der Waals surface area contributed by atoms with Crippen molar-refractivity contribution in [2.75, 3.05) is 33.3 Å². The summed E-state index contributed by atoms with van der Waals surface area (Å²) in [6, 6.07) is 0.432. The van der Waals surface area contributed by atoms with Crippen LogP contribution in [0, 0.1) is 0 Å². The molecule has 1 amide bonds. The number of amides is 1. The molecular weight excluding hydrogens is 230 g/mol. The van der Waals surface area contributed by atoms with E-state index in [9.17, 15) is 4.79 Å². The monoisotopic (exact) mass is 255 g/mol. The number of nitrogens with zero attached hydrogens (tertiary/aromatic N) is 1. The Balaban J connectivity index is 1.70. The van der Waals surface area contributed by atoms with Gasteiger partial charge in [0.05, 0.1) is 18.8 Å². The summed E-state index contributed by atoms with van der Waals surface area (Å²) in [4.78, 5) is 14.3.